The van der Waals surface area contributed by atoms with Crippen LogP contribution in [0.15, 0.2) is 0 Å². The number of nitrogens with zero attached hydrogens (tertiary/aromatic N) is 4. The van der Waals surface area contributed by atoms with Crippen molar-refractivity contribution in [3.63, 3.8) is 0 Å². The average Bonchev–Trinajstić information content (AvgIpc) is 2.95. The molecule has 8 rings (SSSR count). The zero-order valence-electron chi connectivity index (χ0n) is 22.2. The van der Waals surface area contributed by atoms with E-state index in [9.17, 15) is 0 Å². The van der Waals surface area contributed by atoms with Gasteiger partial charge in [0.2, 0.25) is 0 Å². The van der Waals surface area contributed by atoms with Crippen LogP contribution in [0.4, 0.5) is 0 Å². The van der Waals surface area contributed by atoms with Crippen LogP contribution in [-0.2, 0) is 9.59 Å². The van der Waals surface area contributed by atoms with E-state index in [4.69, 9.17) is 9.59 Å². The van der Waals surface area contributed by atoms with E-state index in [-0.39, 0.29) is 12.6 Å². The molecule has 4 N–H and O–H groups in total. The Morgan fingerprint density at radius 2 is 0.722 bits per heavy atom. The smallest absolute Gasteiger partial charge is 0.295 e. The molecule has 0 spiro atoms. The Morgan fingerprint density at radius 1 is 0.417 bits per heavy atom. The third-order valence-electron chi connectivity index (χ3n) is 10.6. The molecule has 202 valence electrons. The second kappa shape index (κ2) is 11.4. The summed E-state index contributed by atoms with van der Waals surface area (Å²) in [6.07, 6.45) is 9.44. The topological polar surface area (TPSA) is 64.9 Å². The maximum absolute atomic E-state index is 8.81. The summed E-state index contributed by atoms with van der Waals surface area (Å²) in [6.45, 7) is 22.2. The van der Waals surface area contributed by atoms with Crippen LogP contribution in [-0.4, -0.2) is 162 Å². The summed E-state index contributed by atoms with van der Waals surface area (Å²) in [5, 5.41) is 0. The number of hydrogen-bond acceptors (Lipinski definition) is 6. The lowest BCUT2D eigenvalue weighted by Crippen LogP contribution is -3.57. The Labute approximate surface area is 216 Å². The summed E-state index contributed by atoms with van der Waals surface area (Å²) in [5.74, 6) is 0. The predicted octanol–water partition coefficient (Wildman–Crippen LogP) is -6.92. The zero-order valence-corrected chi connectivity index (χ0v) is 22.2. The van der Waals surface area contributed by atoms with Crippen LogP contribution in [0, 0.1) is 0 Å². The van der Waals surface area contributed by atoms with Gasteiger partial charge in [-0.1, -0.05) is 0 Å². The van der Waals surface area contributed by atoms with Crippen LogP contribution in [0.5, 0.6) is 0 Å². The fourth-order valence-electron chi connectivity index (χ4n) is 9.18. The molecular formula is C26H50N8O2+4. The van der Waals surface area contributed by atoms with E-state index < -0.39 is 0 Å². The number of carbonyl (C=O) groups excluding carboxylic acids is 2. The Morgan fingerprint density at radius 3 is 1.00 bits per heavy atom. The molecule has 0 aromatic heterocycles. The minimum absolute atomic E-state index is 0.194. The Kier molecular flexibility index (Phi) is 8.02. The van der Waals surface area contributed by atoms with Crippen LogP contribution in [0.2, 0.25) is 0 Å². The highest BCUT2D eigenvalue weighted by molar-refractivity contribution is 6.09. The molecule has 8 aliphatic rings. The minimum atomic E-state index is 0.194. The van der Waals surface area contributed by atoms with E-state index in [1.165, 1.54) is 130 Å². The average molecular weight is 507 g/mol. The van der Waals surface area contributed by atoms with Gasteiger partial charge in [-0.25, -0.2) is 0 Å². The second-order valence-electron chi connectivity index (χ2n) is 12.2. The molecule has 4 unspecified atom stereocenters. The van der Waals surface area contributed by atoms with Crippen LogP contribution in [0.1, 0.15) is 25.7 Å². The van der Waals surface area contributed by atoms with Gasteiger partial charge in [0.15, 0.2) is 12.6 Å². The van der Waals surface area contributed by atoms with Gasteiger partial charge >= 0.3 is 12.3 Å². The lowest BCUT2D eigenvalue weighted by molar-refractivity contribution is -1.28. The summed E-state index contributed by atoms with van der Waals surface area (Å²) >= 11 is 0. The monoisotopic (exact) mass is 506 g/mol. The summed E-state index contributed by atoms with van der Waals surface area (Å²) in [5.41, 5.74) is 0. The van der Waals surface area contributed by atoms with Crippen molar-refractivity contribution in [1.29, 1.82) is 0 Å². The molecule has 0 bridgehead atoms. The van der Waals surface area contributed by atoms with Crippen LogP contribution in [0.3, 0.4) is 0 Å². The molecule has 0 aromatic carbocycles. The normalized spacial score (nSPS) is 43.9. The van der Waals surface area contributed by atoms with Gasteiger partial charge in [-0.15, -0.1) is 0 Å². The Hall–Kier alpha value is -0.980. The van der Waals surface area contributed by atoms with Crippen LogP contribution in [0.25, 0.3) is 0 Å². The highest BCUT2D eigenvalue weighted by atomic mass is 16.2. The molecule has 0 amide bonds. The number of quaternary nitrogens is 4. The van der Waals surface area contributed by atoms with Gasteiger partial charge in [0.1, 0.15) is 26.2 Å². The molecule has 36 heavy (non-hydrogen) atoms. The molecular weight excluding hydrogens is 456 g/mol. The van der Waals surface area contributed by atoms with Crippen molar-refractivity contribution >= 4 is 12.6 Å². The second-order valence-corrected chi connectivity index (χ2v) is 12.2. The number of rotatable bonds is 1. The fourth-order valence-corrected chi connectivity index (χ4v) is 9.18. The van der Waals surface area contributed by atoms with Crippen molar-refractivity contribution in [3.05, 3.63) is 0 Å². The van der Waals surface area contributed by atoms with E-state index in [1.54, 1.807) is 0 Å². The molecule has 8 saturated heterocycles. The molecule has 0 aromatic rings. The van der Waals surface area contributed by atoms with Crippen molar-refractivity contribution in [3.8, 4) is 0 Å². The molecule has 10 heteroatoms. The maximum Gasteiger partial charge on any atom is 0.321 e. The molecule has 4 atom stereocenters. The van der Waals surface area contributed by atoms with Crippen molar-refractivity contribution in [2.75, 3.05) is 105 Å². The molecule has 10 nitrogen and oxygen atoms in total. The van der Waals surface area contributed by atoms with E-state index in [0.29, 0.717) is 0 Å². The quantitative estimate of drug-likeness (QED) is 0.210. The van der Waals surface area contributed by atoms with E-state index in [1.807, 2.05) is 19.6 Å². The first-order chi connectivity index (χ1) is 17.8. The van der Waals surface area contributed by atoms with Gasteiger partial charge in [0.25, 0.3) is 0 Å². The summed E-state index contributed by atoms with van der Waals surface area (Å²) in [6, 6.07) is 0. The minimum Gasteiger partial charge on any atom is -0.295 e. The van der Waals surface area contributed by atoms with Crippen molar-refractivity contribution < 1.29 is 29.2 Å². The first kappa shape index (κ1) is 25.3. The van der Waals surface area contributed by atoms with E-state index in [0.717, 1.165) is 24.7 Å². The largest absolute Gasteiger partial charge is 0.321 e. The van der Waals surface area contributed by atoms with Crippen molar-refractivity contribution in [2.45, 2.75) is 50.3 Å². The highest BCUT2D eigenvalue weighted by Gasteiger charge is 2.60. The maximum atomic E-state index is 8.81. The SMILES string of the molecule is C1CN2CCN3CCCN4CCN(C1)C2C34.C1C[NH+]2CC[NH+]3CCC[NH+]4CC[NH+](C1)C2C34.O=CC=O. The number of piperazine rings is 4. The standard InChI is InChI=1S/2C12H22N4.C2H2O2/c2*1-3-13-7-9-15-5-2-6-16-10-8-14(4-1)11(13)12(15)16;3-1-2-4/h2*11-12H,1-10H2;1-2H/p+4. The van der Waals surface area contributed by atoms with Crippen LogP contribution < -0.4 is 19.6 Å². The molecule has 0 saturated carbocycles. The summed E-state index contributed by atoms with van der Waals surface area (Å²) in [4.78, 5) is 36.4. The van der Waals surface area contributed by atoms with E-state index in [2.05, 4.69) is 19.6 Å². The molecule has 8 aliphatic heterocycles. The van der Waals surface area contributed by atoms with Crippen LogP contribution >= 0.6 is 0 Å². The lowest BCUT2D eigenvalue weighted by Gasteiger charge is -2.61. The van der Waals surface area contributed by atoms with Crippen molar-refractivity contribution in [1.82, 2.24) is 19.6 Å². The van der Waals surface area contributed by atoms with Gasteiger partial charge in [-0.05, 0) is 12.8 Å². The zero-order chi connectivity index (χ0) is 24.5. The molecule has 0 aliphatic carbocycles. The molecule has 0 radical (unpaired) electrons. The van der Waals surface area contributed by atoms with E-state index >= 15 is 0 Å². The molecule has 8 fully saturated rings. The number of carbonyl (C=O) groups is 2. The van der Waals surface area contributed by atoms with Crippen molar-refractivity contribution in [2.24, 2.45) is 0 Å². The molecule has 8 heterocycles. The third kappa shape index (κ3) is 4.80. The summed E-state index contributed by atoms with van der Waals surface area (Å²) < 4.78 is 0. The van der Waals surface area contributed by atoms with Gasteiger partial charge < -0.3 is 0 Å². The number of aldehydes is 2. The Balaban J connectivity index is 0.000000117. The Bertz CT molecular complexity index is 606. The predicted molar refractivity (Wildman–Crippen MR) is 135 cm³/mol. The van der Waals surface area contributed by atoms with Gasteiger partial charge in [-0.3, -0.25) is 48.8 Å². The first-order valence-corrected chi connectivity index (χ1v) is 15.0. The summed E-state index contributed by atoms with van der Waals surface area (Å²) in [7, 11) is 0. The van der Waals surface area contributed by atoms with Gasteiger partial charge in [-0.2, -0.15) is 0 Å². The van der Waals surface area contributed by atoms with Gasteiger partial charge in [0, 0.05) is 65.2 Å². The number of hydrogen-bond donors (Lipinski definition) is 4. The fraction of sp³-hybridized carbons (Fsp3) is 0.923. The third-order valence-corrected chi connectivity index (χ3v) is 10.6. The van der Waals surface area contributed by atoms with Gasteiger partial charge in [0.05, 0.1) is 38.5 Å². The first-order valence-electron chi connectivity index (χ1n) is 15.0. The lowest BCUT2D eigenvalue weighted by atomic mass is 10.0. The highest BCUT2D eigenvalue weighted by Crippen LogP contribution is 2.32. The number of nitrogens with one attached hydrogen (secondary N) is 4.